The Hall–Kier alpha value is -1.23. The third-order valence-corrected chi connectivity index (χ3v) is 2.56. The van der Waals surface area contributed by atoms with Gasteiger partial charge < -0.3 is 9.84 Å². The van der Waals surface area contributed by atoms with Gasteiger partial charge in [-0.3, -0.25) is 4.79 Å². The first kappa shape index (κ1) is 13.8. The van der Waals surface area contributed by atoms with Gasteiger partial charge in [0.05, 0.1) is 5.75 Å². The summed E-state index contributed by atoms with van der Waals surface area (Å²) < 4.78 is 4.98. The van der Waals surface area contributed by atoms with Crippen LogP contribution in [0.3, 0.4) is 0 Å². The number of carboxylic acid groups (broad SMARTS) is 1. The van der Waals surface area contributed by atoms with E-state index < -0.39 is 17.4 Å². The molecule has 0 radical (unpaired) electrons. The molecule has 0 aliphatic heterocycles. The van der Waals surface area contributed by atoms with Crippen LogP contribution >= 0.6 is 11.8 Å². The van der Waals surface area contributed by atoms with E-state index in [1.807, 2.05) is 6.92 Å². The van der Waals surface area contributed by atoms with Crippen LogP contribution in [0.5, 0.6) is 0 Å². The lowest BCUT2D eigenvalue weighted by molar-refractivity contribution is -0.139. The fraction of sp³-hybridized carbons (Fsp3) is 0.400. The zero-order valence-electron chi connectivity index (χ0n) is 8.51. The molecular weight excluding hydrogens is 216 g/mol. The number of carbonyl (C=O) groups is 2. The second-order valence-corrected chi connectivity index (χ2v) is 3.72. The second kappa shape index (κ2) is 8.11. The maximum Gasteiger partial charge on any atom is 0.331 e. The van der Waals surface area contributed by atoms with Crippen molar-refractivity contribution in [1.82, 2.24) is 0 Å². The summed E-state index contributed by atoms with van der Waals surface area (Å²) in [6.07, 6.45) is 4.76. The van der Waals surface area contributed by atoms with Gasteiger partial charge in [0, 0.05) is 6.08 Å². The molecule has 0 bridgehead atoms. The Kier molecular flexibility index (Phi) is 7.44. The number of ether oxygens (including phenoxy) is 1. The molecule has 0 aromatic rings. The molecule has 4 nitrogen and oxygen atoms in total. The first-order valence-electron chi connectivity index (χ1n) is 4.43. The van der Waals surface area contributed by atoms with Crippen molar-refractivity contribution in [1.29, 1.82) is 0 Å². The minimum Gasteiger partial charge on any atom is -0.481 e. The van der Waals surface area contributed by atoms with Gasteiger partial charge in [0.15, 0.2) is 0 Å². The van der Waals surface area contributed by atoms with Gasteiger partial charge in [0.1, 0.15) is 5.44 Å². The summed E-state index contributed by atoms with van der Waals surface area (Å²) in [5.41, 5.74) is -0.414. The number of rotatable bonds is 7. The van der Waals surface area contributed by atoms with E-state index in [0.717, 1.165) is 11.8 Å². The smallest absolute Gasteiger partial charge is 0.331 e. The summed E-state index contributed by atoms with van der Waals surface area (Å²) in [4.78, 5) is 21.4. The van der Waals surface area contributed by atoms with Crippen LogP contribution in [0.2, 0.25) is 0 Å². The first-order chi connectivity index (χ1) is 7.10. The first-order valence-corrected chi connectivity index (χ1v) is 5.48. The van der Waals surface area contributed by atoms with Crippen molar-refractivity contribution in [2.75, 3.05) is 5.75 Å². The van der Waals surface area contributed by atoms with Crippen LogP contribution in [0.15, 0.2) is 24.8 Å². The number of esters is 1. The van der Waals surface area contributed by atoms with Gasteiger partial charge in [-0.1, -0.05) is 25.7 Å². The number of hydrogen-bond acceptors (Lipinski definition) is 4. The molecule has 1 unspecified atom stereocenters. The lowest BCUT2D eigenvalue weighted by Crippen LogP contribution is -2.14. The monoisotopic (exact) mass is 230 g/mol. The van der Waals surface area contributed by atoms with Gasteiger partial charge in [0.2, 0.25) is 0 Å². The third-order valence-electron chi connectivity index (χ3n) is 1.34. The minimum atomic E-state index is -0.920. The molecule has 0 spiro atoms. The molecule has 0 saturated carbocycles. The van der Waals surface area contributed by atoms with Crippen molar-refractivity contribution in [3.63, 3.8) is 0 Å². The molecule has 1 atom stereocenters. The Bertz CT molecular complexity index is 260. The summed E-state index contributed by atoms with van der Waals surface area (Å²) in [6.45, 7) is 5.24. The van der Waals surface area contributed by atoms with Crippen LogP contribution in [0, 0.1) is 0 Å². The summed E-state index contributed by atoms with van der Waals surface area (Å²) in [5.74, 6) is -1.48. The van der Waals surface area contributed by atoms with E-state index in [0.29, 0.717) is 6.42 Å². The standard InChI is InChI=1S/C10H14O4S/c1-3-5-6-9(13)14-10(4-2)15-7-8(11)12/h3,5-6,10H,1,4,7H2,2H3,(H,11,12). The van der Waals surface area contributed by atoms with Gasteiger partial charge in [-0.15, -0.1) is 11.8 Å². The Balaban J connectivity index is 3.97. The van der Waals surface area contributed by atoms with Gasteiger partial charge >= 0.3 is 11.9 Å². The van der Waals surface area contributed by atoms with Gasteiger partial charge in [-0.2, -0.15) is 0 Å². The Labute approximate surface area is 93.0 Å². The predicted molar refractivity (Wildman–Crippen MR) is 59.6 cm³/mol. The highest BCUT2D eigenvalue weighted by Crippen LogP contribution is 2.15. The largest absolute Gasteiger partial charge is 0.481 e. The fourth-order valence-electron chi connectivity index (χ4n) is 0.715. The van der Waals surface area contributed by atoms with Crippen molar-refractivity contribution in [3.8, 4) is 0 Å². The van der Waals surface area contributed by atoms with Crippen molar-refractivity contribution >= 4 is 23.7 Å². The van der Waals surface area contributed by atoms with Crippen molar-refractivity contribution in [3.05, 3.63) is 24.8 Å². The topological polar surface area (TPSA) is 63.6 Å². The maximum absolute atomic E-state index is 11.1. The summed E-state index contributed by atoms with van der Waals surface area (Å²) in [6, 6.07) is 0. The van der Waals surface area contributed by atoms with Gasteiger partial charge in [-0.25, -0.2) is 4.79 Å². The minimum absolute atomic E-state index is 0.0725. The number of hydrogen-bond donors (Lipinski definition) is 1. The molecular formula is C10H14O4S. The average Bonchev–Trinajstić information content (AvgIpc) is 2.20. The van der Waals surface area contributed by atoms with Gasteiger partial charge in [-0.05, 0) is 6.42 Å². The predicted octanol–water partition coefficient (Wildman–Crippen LogP) is 1.83. The molecule has 1 N–H and O–H groups in total. The van der Waals surface area contributed by atoms with E-state index in [1.165, 1.54) is 18.2 Å². The molecule has 0 fully saturated rings. The van der Waals surface area contributed by atoms with Crippen molar-refractivity contribution < 1.29 is 19.4 Å². The SMILES string of the molecule is C=CC=CC(=O)OC(CC)SCC(=O)O. The molecule has 0 heterocycles. The highest BCUT2D eigenvalue weighted by molar-refractivity contribution is 8.00. The number of carbonyl (C=O) groups excluding carboxylic acids is 1. The molecule has 0 aromatic heterocycles. The molecule has 15 heavy (non-hydrogen) atoms. The molecule has 0 rings (SSSR count). The van der Waals surface area contributed by atoms with Crippen molar-refractivity contribution in [2.24, 2.45) is 0 Å². The number of aliphatic carboxylic acids is 1. The molecule has 5 heteroatoms. The lowest BCUT2D eigenvalue weighted by Gasteiger charge is -2.12. The van der Waals surface area contributed by atoms with Crippen LogP contribution in [0.25, 0.3) is 0 Å². The van der Waals surface area contributed by atoms with Crippen LogP contribution < -0.4 is 0 Å². The Morgan fingerprint density at radius 2 is 2.27 bits per heavy atom. The third kappa shape index (κ3) is 7.81. The van der Waals surface area contributed by atoms with Crippen LogP contribution in [-0.4, -0.2) is 28.2 Å². The summed E-state index contributed by atoms with van der Waals surface area (Å²) in [5, 5.41) is 8.44. The maximum atomic E-state index is 11.1. The Morgan fingerprint density at radius 1 is 1.60 bits per heavy atom. The number of thioether (sulfide) groups is 1. The molecule has 0 aromatic carbocycles. The van der Waals surface area contributed by atoms with Crippen LogP contribution in [-0.2, 0) is 14.3 Å². The highest BCUT2D eigenvalue weighted by Gasteiger charge is 2.12. The average molecular weight is 230 g/mol. The normalized spacial score (nSPS) is 12.3. The fourth-order valence-corrected chi connectivity index (χ4v) is 1.44. The summed E-state index contributed by atoms with van der Waals surface area (Å²) in [7, 11) is 0. The van der Waals surface area contributed by atoms with E-state index in [2.05, 4.69) is 6.58 Å². The molecule has 84 valence electrons. The van der Waals surface area contributed by atoms with Crippen LogP contribution in [0.4, 0.5) is 0 Å². The summed E-state index contributed by atoms with van der Waals surface area (Å²) >= 11 is 1.09. The van der Waals surface area contributed by atoms with Crippen LogP contribution in [0.1, 0.15) is 13.3 Å². The quantitative estimate of drug-likeness (QED) is 0.313. The zero-order chi connectivity index (χ0) is 11.7. The van der Waals surface area contributed by atoms with E-state index >= 15 is 0 Å². The highest BCUT2D eigenvalue weighted by atomic mass is 32.2. The second-order valence-electron chi connectivity index (χ2n) is 2.57. The molecule has 0 amide bonds. The van der Waals surface area contributed by atoms with E-state index in [-0.39, 0.29) is 5.75 Å². The Morgan fingerprint density at radius 3 is 2.73 bits per heavy atom. The van der Waals surface area contributed by atoms with E-state index in [4.69, 9.17) is 9.84 Å². The zero-order valence-corrected chi connectivity index (χ0v) is 9.33. The molecule has 0 saturated heterocycles. The number of carboxylic acids is 1. The van der Waals surface area contributed by atoms with Gasteiger partial charge in [0.25, 0.3) is 0 Å². The molecule has 0 aliphatic carbocycles. The van der Waals surface area contributed by atoms with E-state index in [9.17, 15) is 9.59 Å². The van der Waals surface area contributed by atoms with E-state index in [1.54, 1.807) is 0 Å². The molecule has 0 aliphatic rings. The number of allylic oxidation sites excluding steroid dienone is 2. The lowest BCUT2D eigenvalue weighted by atomic mass is 10.5. The van der Waals surface area contributed by atoms with Crippen molar-refractivity contribution in [2.45, 2.75) is 18.8 Å².